The van der Waals surface area contributed by atoms with Gasteiger partial charge in [-0.05, 0) is 29.8 Å². The van der Waals surface area contributed by atoms with Crippen LogP contribution in [-0.2, 0) is 4.74 Å². The fraction of sp³-hybridized carbons (Fsp3) is 0.316. The van der Waals surface area contributed by atoms with Crippen molar-refractivity contribution in [1.82, 2.24) is 23.9 Å². The summed E-state index contributed by atoms with van der Waals surface area (Å²) in [5.41, 5.74) is 1.40. The Kier molecular flexibility index (Phi) is 4.33. The van der Waals surface area contributed by atoms with Crippen molar-refractivity contribution in [1.29, 1.82) is 0 Å². The predicted molar refractivity (Wildman–Crippen MR) is 104 cm³/mol. The third-order valence-corrected chi connectivity index (χ3v) is 5.33. The van der Waals surface area contributed by atoms with Gasteiger partial charge < -0.3 is 29.8 Å². The van der Waals surface area contributed by atoms with E-state index < -0.39 is 36.7 Å². The first-order valence-corrected chi connectivity index (χ1v) is 9.26. The smallest absolute Gasteiger partial charge is 0.287 e. The van der Waals surface area contributed by atoms with Crippen LogP contribution in [0.2, 0.25) is 0 Å². The number of aliphatic hydroxyl groups is 3. The molecule has 4 N–H and O–H groups in total. The number of aromatic amines is 1. The lowest BCUT2D eigenvalue weighted by molar-refractivity contribution is -0.0511. The lowest BCUT2D eigenvalue weighted by atomic mass is 10.1. The Bertz CT molecular complexity index is 1280. The highest BCUT2D eigenvalue weighted by Crippen LogP contribution is 2.31. The van der Waals surface area contributed by atoms with Crippen molar-refractivity contribution in [3.05, 3.63) is 47.1 Å². The Morgan fingerprint density at radius 1 is 1.23 bits per heavy atom. The van der Waals surface area contributed by atoms with Gasteiger partial charge in [0.25, 0.3) is 5.56 Å². The molecule has 0 amide bonds. The molecule has 0 bridgehead atoms. The average Bonchev–Trinajstić information content (AvgIpc) is 3.45. The molecular formula is C19H19N5O6. The van der Waals surface area contributed by atoms with Crippen molar-refractivity contribution in [3.8, 4) is 17.0 Å². The van der Waals surface area contributed by atoms with Gasteiger partial charge in [0.15, 0.2) is 17.4 Å². The maximum absolute atomic E-state index is 12.9. The van der Waals surface area contributed by atoms with E-state index in [1.807, 2.05) is 24.3 Å². The molecule has 1 fully saturated rings. The Morgan fingerprint density at radius 3 is 2.67 bits per heavy atom. The molecule has 1 aromatic carbocycles. The fourth-order valence-electron chi connectivity index (χ4n) is 3.68. The van der Waals surface area contributed by atoms with Crippen molar-refractivity contribution in [2.45, 2.75) is 24.5 Å². The number of nitrogens with zero attached hydrogens (tertiary/aromatic N) is 4. The lowest BCUT2D eigenvalue weighted by Gasteiger charge is -2.16. The second kappa shape index (κ2) is 6.92. The second-order valence-electron chi connectivity index (χ2n) is 7.06. The molecule has 30 heavy (non-hydrogen) atoms. The number of benzene rings is 1. The van der Waals surface area contributed by atoms with Crippen molar-refractivity contribution in [2.24, 2.45) is 0 Å². The number of methoxy groups -OCH3 is 1. The summed E-state index contributed by atoms with van der Waals surface area (Å²) in [7, 11) is 1.59. The van der Waals surface area contributed by atoms with Gasteiger partial charge in [0.1, 0.15) is 24.1 Å². The summed E-state index contributed by atoms with van der Waals surface area (Å²) >= 11 is 0. The number of nitrogens with one attached hydrogen (secondary N) is 1. The molecule has 2 unspecified atom stereocenters. The van der Waals surface area contributed by atoms with Gasteiger partial charge in [-0.1, -0.05) is 0 Å². The molecule has 0 spiro atoms. The topological polar surface area (TPSA) is 147 Å². The highest BCUT2D eigenvalue weighted by atomic mass is 16.6. The number of ether oxygens (including phenoxy) is 2. The highest BCUT2D eigenvalue weighted by Gasteiger charge is 2.44. The van der Waals surface area contributed by atoms with Crippen LogP contribution in [0.15, 0.2) is 41.6 Å². The molecule has 0 aliphatic carbocycles. The third-order valence-electron chi connectivity index (χ3n) is 5.33. The number of fused-ring (bicyclic) bond motifs is 2. The summed E-state index contributed by atoms with van der Waals surface area (Å²) in [5.74, 6) is 0.999. The second-order valence-corrected chi connectivity index (χ2v) is 7.06. The van der Waals surface area contributed by atoms with Crippen LogP contribution < -0.4 is 10.3 Å². The molecule has 1 aliphatic rings. The zero-order valence-electron chi connectivity index (χ0n) is 15.8. The predicted octanol–water partition coefficient (Wildman–Crippen LogP) is -0.341. The number of rotatable bonds is 4. The Morgan fingerprint density at radius 2 is 2.00 bits per heavy atom. The van der Waals surface area contributed by atoms with E-state index in [4.69, 9.17) is 9.47 Å². The van der Waals surface area contributed by atoms with E-state index >= 15 is 0 Å². The molecule has 1 aliphatic heterocycles. The number of imidazole rings is 2. The van der Waals surface area contributed by atoms with E-state index in [1.54, 1.807) is 13.3 Å². The van der Waals surface area contributed by atoms with Crippen LogP contribution in [-0.4, -0.2) is 71.3 Å². The largest absolute Gasteiger partial charge is 0.497 e. The van der Waals surface area contributed by atoms with Gasteiger partial charge in [-0.2, -0.15) is 4.98 Å². The number of aliphatic hydroxyl groups excluding tert-OH is 3. The van der Waals surface area contributed by atoms with Gasteiger partial charge in [-0.25, -0.2) is 9.38 Å². The van der Waals surface area contributed by atoms with Gasteiger partial charge in [-0.3, -0.25) is 9.36 Å². The van der Waals surface area contributed by atoms with Crippen LogP contribution in [0.4, 0.5) is 0 Å². The molecule has 5 rings (SSSR count). The highest BCUT2D eigenvalue weighted by molar-refractivity contribution is 5.73. The van der Waals surface area contributed by atoms with Crippen LogP contribution in [0.1, 0.15) is 6.23 Å². The minimum atomic E-state index is -1.31. The number of hydrogen-bond donors (Lipinski definition) is 4. The number of hydrogen-bond acceptors (Lipinski definition) is 8. The van der Waals surface area contributed by atoms with Crippen LogP contribution >= 0.6 is 0 Å². The molecule has 1 saturated heterocycles. The minimum absolute atomic E-state index is 0.0884. The van der Waals surface area contributed by atoms with E-state index in [-0.39, 0.29) is 16.9 Å². The molecule has 4 heterocycles. The molecule has 0 radical (unpaired) electrons. The van der Waals surface area contributed by atoms with E-state index in [0.29, 0.717) is 11.4 Å². The van der Waals surface area contributed by atoms with Gasteiger partial charge in [0.2, 0.25) is 5.78 Å². The van der Waals surface area contributed by atoms with E-state index in [2.05, 4.69) is 15.0 Å². The summed E-state index contributed by atoms with van der Waals surface area (Å²) < 4.78 is 13.4. The van der Waals surface area contributed by atoms with Crippen LogP contribution in [0.3, 0.4) is 0 Å². The van der Waals surface area contributed by atoms with Crippen LogP contribution in [0.5, 0.6) is 5.75 Å². The van der Waals surface area contributed by atoms with Gasteiger partial charge in [0.05, 0.1) is 25.7 Å². The first kappa shape index (κ1) is 18.8. The summed E-state index contributed by atoms with van der Waals surface area (Å²) in [6.07, 6.45) is -1.60. The van der Waals surface area contributed by atoms with E-state index in [1.165, 1.54) is 15.3 Å². The monoisotopic (exact) mass is 413 g/mol. The van der Waals surface area contributed by atoms with Crippen LogP contribution in [0, 0.1) is 0 Å². The SMILES string of the molecule is COc1ccc(-c2cn3c(=O)c4ncn([C@@H]5O[C@H](CO)C(O)C5O)c4nc3[nH]2)cc1. The van der Waals surface area contributed by atoms with Gasteiger partial charge >= 0.3 is 0 Å². The van der Waals surface area contributed by atoms with E-state index in [9.17, 15) is 20.1 Å². The van der Waals surface area contributed by atoms with Crippen molar-refractivity contribution in [3.63, 3.8) is 0 Å². The summed E-state index contributed by atoms with van der Waals surface area (Å²) in [4.78, 5) is 24.7. The molecular weight excluding hydrogens is 394 g/mol. The number of aromatic nitrogens is 5. The zero-order chi connectivity index (χ0) is 21.0. The summed E-state index contributed by atoms with van der Waals surface area (Å²) in [6, 6.07) is 7.33. The van der Waals surface area contributed by atoms with Crippen LogP contribution in [0.25, 0.3) is 28.2 Å². The average molecular weight is 413 g/mol. The Balaban J connectivity index is 1.61. The molecule has 156 valence electrons. The first-order valence-electron chi connectivity index (χ1n) is 9.26. The van der Waals surface area contributed by atoms with Gasteiger partial charge in [-0.15, -0.1) is 0 Å². The molecule has 0 saturated carbocycles. The first-order chi connectivity index (χ1) is 14.5. The van der Waals surface area contributed by atoms with Crippen molar-refractivity contribution < 1.29 is 24.8 Å². The van der Waals surface area contributed by atoms with E-state index in [0.717, 1.165) is 5.56 Å². The number of H-pyrrole nitrogens is 1. The summed E-state index contributed by atoms with van der Waals surface area (Å²) in [6.45, 7) is -0.455. The molecule has 11 nitrogen and oxygen atoms in total. The molecule has 3 aromatic heterocycles. The molecule has 4 aromatic rings. The van der Waals surface area contributed by atoms with Crippen molar-refractivity contribution in [2.75, 3.05) is 13.7 Å². The molecule has 4 atom stereocenters. The maximum atomic E-state index is 12.9. The minimum Gasteiger partial charge on any atom is -0.497 e. The van der Waals surface area contributed by atoms with Gasteiger partial charge in [0, 0.05) is 6.20 Å². The lowest BCUT2D eigenvalue weighted by Crippen LogP contribution is -2.33. The third kappa shape index (κ3) is 2.71. The fourth-order valence-corrected chi connectivity index (χ4v) is 3.68. The Hall–Kier alpha value is -3.25. The quantitative estimate of drug-likeness (QED) is 0.355. The summed E-state index contributed by atoms with van der Waals surface area (Å²) in [5, 5.41) is 29.6. The zero-order valence-corrected chi connectivity index (χ0v) is 15.8. The standard InChI is InChI=1S/C19H19N5O6/c1-29-10-4-2-9(3-5-10)11-6-23-17(28)13-16(22-19(23)21-11)24(8-20-13)18-15(27)14(26)12(7-25)30-18/h2-6,8,12,14-15,18,25-27H,7H2,1H3,(H,21,22)/t12-,14?,15?,18-/m1/s1. The normalized spacial score (nSPS) is 24.1. The molecule has 11 heteroatoms. The van der Waals surface area contributed by atoms with Crippen molar-refractivity contribution >= 4 is 16.9 Å². The Labute approximate surface area is 168 Å². The maximum Gasteiger partial charge on any atom is 0.287 e.